The van der Waals surface area contributed by atoms with Crippen LogP contribution < -0.4 is 15.4 Å². The molecule has 172 valence electrons. The molecular formula is C25H27N3O5. The number of benzene rings is 2. The first-order chi connectivity index (χ1) is 15.9. The summed E-state index contributed by atoms with van der Waals surface area (Å²) < 4.78 is 5.48. The molecule has 0 spiro atoms. The van der Waals surface area contributed by atoms with E-state index in [1.54, 1.807) is 37.3 Å². The van der Waals surface area contributed by atoms with Gasteiger partial charge < -0.3 is 20.5 Å². The van der Waals surface area contributed by atoms with Gasteiger partial charge in [-0.3, -0.25) is 9.59 Å². The number of phenols is 1. The molecule has 1 fully saturated rings. The molecule has 0 unspecified atom stereocenters. The van der Waals surface area contributed by atoms with E-state index >= 15 is 0 Å². The second kappa shape index (κ2) is 10.5. The van der Waals surface area contributed by atoms with Crippen LogP contribution >= 0.6 is 0 Å². The molecule has 3 rings (SSSR count). The van der Waals surface area contributed by atoms with Crippen LogP contribution in [0.15, 0.2) is 54.8 Å². The van der Waals surface area contributed by atoms with E-state index in [4.69, 9.17) is 4.74 Å². The molecule has 1 saturated heterocycles. The van der Waals surface area contributed by atoms with Gasteiger partial charge in [-0.2, -0.15) is 0 Å². The Morgan fingerprint density at radius 2 is 1.97 bits per heavy atom. The normalized spacial score (nSPS) is 14.4. The maximum absolute atomic E-state index is 12.8. The third-order valence-corrected chi connectivity index (χ3v) is 5.09. The summed E-state index contributed by atoms with van der Waals surface area (Å²) in [5.41, 5.74) is 2.76. The van der Waals surface area contributed by atoms with Crippen molar-refractivity contribution in [3.05, 3.63) is 71.4 Å². The van der Waals surface area contributed by atoms with E-state index in [-0.39, 0.29) is 17.2 Å². The van der Waals surface area contributed by atoms with E-state index in [0.717, 1.165) is 16.9 Å². The number of anilines is 1. The molecule has 3 N–H and O–H groups in total. The number of hydrogen-bond donors (Lipinski definition) is 3. The molecule has 0 saturated carbocycles. The highest BCUT2D eigenvalue weighted by atomic mass is 16.5. The average molecular weight is 450 g/mol. The van der Waals surface area contributed by atoms with Gasteiger partial charge in [-0.1, -0.05) is 31.2 Å². The smallest absolute Gasteiger partial charge is 0.329 e. The monoisotopic (exact) mass is 449 g/mol. The Bertz CT molecular complexity index is 1120. The highest BCUT2D eigenvalue weighted by molar-refractivity contribution is 6.16. The first-order valence-corrected chi connectivity index (χ1v) is 10.7. The number of nitrogens with zero attached hydrogens (tertiary/aromatic N) is 1. The summed E-state index contributed by atoms with van der Waals surface area (Å²) in [5.74, 6) is -0.815. The van der Waals surface area contributed by atoms with Crippen molar-refractivity contribution in [3.63, 3.8) is 0 Å². The minimum atomic E-state index is -0.680. The fourth-order valence-electron chi connectivity index (χ4n) is 3.51. The number of hydrogen-bond acceptors (Lipinski definition) is 5. The third-order valence-electron chi connectivity index (χ3n) is 5.09. The molecule has 1 aliphatic heterocycles. The molecule has 0 bridgehead atoms. The standard InChI is InChI=1S/C25H27N3O5/c1-4-9-18-12-16(14-21(23(18)30)33-6-3)13-20-24(31)28(25(32)27-20)15-22(29)26-19-11-8-7-10-17(19)5-2/h4,7-8,10-14,30H,1,5-6,9,15H2,2-3H3,(H,26,29)(H,27,32)/b20-13+. The number of nitrogens with one attached hydrogen (secondary N) is 2. The summed E-state index contributed by atoms with van der Waals surface area (Å²) in [6, 6.07) is 9.94. The van der Waals surface area contributed by atoms with Gasteiger partial charge in [-0.25, -0.2) is 9.69 Å². The van der Waals surface area contributed by atoms with Crippen LogP contribution in [0.5, 0.6) is 11.5 Å². The second-order valence-corrected chi connectivity index (χ2v) is 7.39. The predicted molar refractivity (Wildman–Crippen MR) is 126 cm³/mol. The van der Waals surface area contributed by atoms with Crippen molar-refractivity contribution in [3.8, 4) is 11.5 Å². The summed E-state index contributed by atoms with van der Waals surface area (Å²) in [7, 11) is 0. The Morgan fingerprint density at radius 3 is 2.67 bits per heavy atom. The molecule has 0 radical (unpaired) electrons. The number of imide groups is 1. The number of aromatic hydroxyl groups is 1. The van der Waals surface area contributed by atoms with Gasteiger partial charge in [0.2, 0.25) is 5.91 Å². The van der Waals surface area contributed by atoms with Crippen molar-refractivity contribution in [2.24, 2.45) is 0 Å². The molecule has 8 nitrogen and oxygen atoms in total. The number of rotatable bonds is 9. The average Bonchev–Trinajstić information content (AvgIpc) is 3.04. The quantitative estimate of drug-likeness (QED) is 0.308. The van der Waals surface area contributed by atoms with Crippen LogP contribution in [0.3, 0.4) is 0 Å². The number of carbonyl (C=O) groups is 3. The van der Waals surface area contributed by atoms with Gasteiger partial charge in [0.05, 0.1) is 6.61 Å². The van der Waals surface area contributed by atoms with Crippen molar-refractivity contribution in [1.29, 1.82) is 0 Å². The van der Waals surface area contributed by atoms with Gasteiger partial charge in [0, 0.05) is 11.3 Å². The Balaban J connectivity index is 1.79. The highest BCUT2D eigenvalue weighted by Crippen LogP contribution is 2.33. The minimum absolute atomic E-state index is 0.00587. The van der Waals surface area contributed by atoms with Gasteiger partial charge in [-0.05, 0) is 55.2 Å². The lowest BCUT2D eigenvalue weighted by Gasteiger charge is -2.13. The molecule has 4 amide bonds. The molecular weight excluding hydrogens is 422 g/mol. The lowest BCUT2D eigenvalue weighted by Crippen LogP contribution is -2.38. The number of phenolic OH excluding ortho intramolecular Hbond substituents is 1. The molecule has 0 aliphatic carbocycles. The van der Waals surface area contributed by atoms with Crippen LogP contribution in [-0.4, -0.2) is 41.0 Å². The first-order valence-electron chi connectivity index (χ1n) is 10.7. The van der Waals surface area contributed by atoms with Crippen molar-refractivity contribution >= 4 is 29.6 Å². The number of para-hydroxylation sites is 1. The Hall–Kier alpha value is -4.07. The van der Waals surface area contributed by atoms with Crippen LogP contribution in [0.2, 0.25) is 0 Å². The fourth-order valence-corrected chi connectivity index (χ4v) is 3.51. The zero-order chi connectivity index (χ0) is 24.0. The van der Waals surface area contributed by atoms with E-state index in [1.807, 2.05) is 19.1 Å². The van der Waals surface area contributed by atoms with E-state index < -0.39 is 24.4 Å². The maximum atomic E-state index is 12.8. The van der Waals surface area contributed by atoms with E-state index in [1.165, 1.54) is 6.08 Å². The van der Waals surface area contributed by atoms with Crippen molar-refractivity contribution in [2.45, 2.75) is 26.7 Å². The van der Waals surface area contributed by atoms with E-state index in [2.05, 4.69) is 17.2 Å². The Morgan fingerprint density at radius 1 is 1.21 bits per heavy atom. The molecule has 0 atom stereocenters. The molecule has 1 aliphatic rings. The van der Waals surface area contributed by atoms with Gasteiger partial charge >= 0.3 is 6.03 Å². The number of allylic oxidation sites excluding steroid dienone is 1. The topological polar surface area (TPSA) is 108 Å². The summed E-state index contributed by atoms with van der Waals surface area (Å²) in [6.45, 7) is 7.38. The summed E-state index contributed by atoms with van der Waals surface area (Å²) >= 11 is 0. The SMILES string of the molecule is C=CCc1cc(/C=C2/NC(=O)N(CC(=O)Nc3ccccc3CC)C2=O)cc(OCC)c1O. The molecule has 2 aromatic rings. The van der Waals surface area contributed by atoms with E-state index in [9.17, 15) is 19.5 Å². The fraction of sp³-hybridized carbons (Fsp3) is 0.240. The number of carbonyl (C=O) groups excluding carboxylic acids is 3. The van der Waals surface area contributed by atoms with Gasteiger partial charge in [-0.15, -0.1) is 6.58 Å². The van der Waals surface area contributed by atoms with Crippen molar-refractivity contribution < 1.29 is 24.2 Å². The Labute approximate surface area is 192 Å². The molecule has 0 aromatic heterocycles. The summed E-state index contributed by atoms with van der Waals surface area (Å²) in [5, 5.41) is 15.6. The van der Waals surface area contributed by atoms with Crippen LogP contribution in [0.4, 0.5) is 10.5 Å². The second-order valence-electron chi connectivity index (χ2n) is 7.39. The molecule has 8 heteroatoms. The number of aryl methyl sites for hydroxylation is 1. The van der Waals surface area contributed by atoms with Gasteiger partial charge in [0.1, 0.15) is 12.2 Å². The van der Waals surface area contributed by atoms with Crippen LogP contribution in [0, 0.1) is 0 Å². The van der Waals surface area contributed by atoms with Crippen molar-refractivity contribution in [1.82, 2.24) is 10.2 Å². The zero-order valence-electron chi connectivity index (χ0n) is 18.7. The van der Waals surface area contributed by atoms with Crippen LogP contribution in [0.25, 0.3) is 6.08 Å². The Kier molecular flexibility index (Phi) is 7.50. The van der Waals surface area contributed by atoms with Crippen LogP contribution in [0.1, 0.15) is 30.5 Å². The third kappa shape index (κ3) is 5.41. The number of amides is 4. The summed E-state index contributed by atoms with van der Waals surface area (Å²) in [6.07, 6.45) is 4.26. The summed E-state index contributed by atoms with van der Waals surface area (Å²) in [4.78, 5) is 38.6. The number of urea groups is 1. The predicted octanol–water partition coefficient (Wildman–Crippen LogP) is 3.61. The van der Waals surface area contributed by atoms with Crippen molar-refractivity contribution in [2.75, 3.05) is 18.5 Å². The zero-order valence-corrected chi connectivity index (χ0v) is 18.7. The van der Waals surface area contributed by atoms with Crippen LogP contribution in [-0.2, 0) is 22.4 Å². The molecule has 2 aromatic carbocycles. The van der Waals surface area contributed by atoms with Gasteiger partial charge in [0.25, 0.3) is 5.91 Å². The minimum Gasteiger partial charge on any atom is -0.504 e. The highest BCUT2D eigenvalue weighted by Gasteiger charge is 2.35. The lowest BCUT2D eigenvalue weighted by atomic mass is 10.0. The van der Waals surface area contributed by atoms with E-state index in [0.29, 0.717) is 29.8 Å². The lowest BCUT2D eigenvalue weighted by molar-refractivity contribution is -0.127. The van der Waals surface area contributed by atoms with Gasteiger partial charge in [0.15, 0.2) is 11.5 Å². The largest absolute Gasteiger partial charge is 0.504 e. The molecule has 1 heterocycles. The first kappa shape index (κ1) is 23.6. The molecule has 33 heavy (non-hydrogen) atoms. The number of ether oxygens (including phenoxy) is 1. The maximum Gasteiger partial charge on any atom is 0.329 e.